The van der Waals surface area contributed by atoms with Gasteiger partial charge in [0.05, 0.1) is 6.61 Å². The summed E-state index contributed by atoms with van der Waals surface area (Å²) in [5.41, 5.74) is 2.52. The lowest BCUT2D eigenvalue weighted by Gasteiger charge is -2.26. The Hall–Kier alpha value is -1.61. The first kappa shape index (κ1) is 11.9. The number of carbonyl (C=O) groups excluding carboxylic acids is 1. The Morgan fingerprint density at radius 2 is 2.35 bits per heavy atom. The lowest BCUT2D eigenvalue weighted by Crippen LogP contribution is -2.30. The average molecular weight is 231 g/mol. The molecular weight excluding hydrogens is 214 g/mol. The van der Waals surface area contributed by atoms with E-state index in [1.807, 2.05) is 19.1 Å². The van der Waals surface area contributed by atoms with Gasteiger partial charge < -0.3 is 10.1 Å². The average Bonchev–Trinajstić information content (AvgIpc) is 2.36. The fourth-order valence-electron chi connectivity index (χ4n) is 2.05. The van der Waals surface area contributed by atoms with Gasteiger partial charge in [-0.1, -0.05) is 30.3 Å². The molecule has 2 rings (SSSR count). The molecule has 3 nitrogen and oxygen atoms in total. The molecule has 1 aromatic carbocycles. The molecule has 0 fully saturated rings. The molecule has 1 N–H and O–H groups in total. The standard InChI is InChI=1S/C14H17NO2/c1-2-5-14(16)15-10-13-12-7-4-3-6-11(12)8-9-17-13/h2-7,13H,8-10H2,1H3,(H,15,16)/b5-2-/t13-/m0/s1. The zero-order valence-electron chi connectivity index (χ0n) is 9.98. The molecule has 0 spiro atoms. The van der Waals surface area contributed by atoms with E-state index < -0.39 is 0 Å². The minimum Gasteiger partial charge on any atom is -0.371 e. The number of carbonyl (C=O) groups is 1. The number of hydrogen-bond acceptors (Lipinski definition) is 2. The van der Waals surface area contributed by atoms with Crippen molar-refractivity contribution >= 4 is 5.91 Å². The van der Waals surface area contributed by atoms with E-state index in [2.05, 4.69) is 17.4 Å². The van der Waals surface area contributed by atoms with Crippen molar-refractivity contribution in [3.8, 4) is 0 Å². The third kappa shape index (κ3) is 2.94. The molecule has 0 aromatic heterocycles. The summed E-state index contributed by atoms with van der Waals surface area (Å²) in [6, 6.07) is 8.24. The Morgan fingerprint density at radius 3 is 3.18 bits per heavy atom. The summed E-state index contributed by atoms with van der Waals surface area (Å²) in [6.45, 7) is 3.08. The first-order valence-electron chi connectivity index (χ1n) is 5.91. The van der Waals surface area contributed by atoms with Gasteiger partial charge in [-0.3, -0.25) is 4.79 Å². The van der Waals surface area contributed by atoms with Gasteiger partial charge in [-0.25, -0.2) is 0 Å². The lowest BCUT2D eigenvalue weighted by atomic mass is 9.97. The molecule has 1 heterocycles. The third-order valence-electron chi connectivity index (χ3n) is 2.87. The van der Waals surface area contributed by atoms with Gasteiger partial charge in [0.25, 0.3) is 0 Å². The summed E-state index contributed by atoms with van der Waals surface area (Å²) in [5.74, 6) is -0.0702. The van der Waals surface area contributed by atoms with Crippen molar-refractivity contribution in [2.75, 3.05) is 13.2 Å². The predicted molar refractivity (Wildman–Crippen MR) is 66.7 cm³/mol. The van der Waals surface area contributed by atoms with Crippen LogP contribution in [0.15, 0.2) is 36.4 Å². The van der Waals surface area contributed by atoms with Gasteiger partial charge >= 0.3 is 0 Å². The van der Waals surface area contributed by atoms with Crippen LogP contribution in [0.5, 0.6) is 0 Å². The molecule has 1 amide bonds. The van der Waals surface area contributed by atoms with Crippen molar-refractivity contribution in [1.29, 1.82) is 0 Å². The van der Waals surface area contributed by atoms with Crippen LogP contribution in [-0.4, -0.2) is 19.1 Å². The molecule has 0 radical (unpaired) electrons. The van der Waals surface area contributed by atoms with Gasteiger partial charge in [0.15, 0.2) is 0 Å². The SMILES string of the molecule is C/C=C\C(=O)NC[C@@H]1OCCc2ccccc21. The van der Waals surface area contributed by atoms with E-state index in [0.717, 1.165) is 13.0 Å². The molecule has 90 valence electrons. The van der Waals surface area contributed by atoms with E-state index in [1.54, 1.807) is 6.08 Å². The lowest BCUT2D eigenvalue weighted by molar-refractivity contribution is -0.117. The third-order valence-corrected chi connectivity index (χ3v) is 2.87. The van der Waals surface area contributed by atoms with Gasteiger partial charge in [-0.2, -0.15) is 0 Å². The quantitative estimate of drug-likeness (QED) is 0.808. The maximum atomic E-state index is 11.3. The largest absolute Gasteiger partial charge is 0.371 e. The summed E-state index contributed by atoms with van der Waals surface area (Å²) in [6.07, 6.45) is 4.18. The molecule has 0 saturated carbocycles. The van der Waals surface area contributed by atoms with Crippen LogP contribution in [0.2, 0.25) is 0 Å². The van der Waals surface area contributed by atoms with Crippen molar-refractivity contribution in [2.45, 2.75) is 19.4 Å². The van der Waals surface area contributed by atoms with Crippen LogP contribution in [0.4, 0.5) is 0 Å². The van der Waals surface area contributed by atoms with E-state index >= 15 is 0 Å². The number of fused-ring (bicyclic) bond motifs is 1. The smallest absolute Gasteiger partial charge is 0.243 e. The van der Waals surface area contributed by atoms with Crippen LogP contribution in [0.25, 0.3) is 0 Å². The van der Waals surface area contributed by atoms with Crippen molar-refractivity contribution in [3.63, 3.8) is 0 Å². The van der Waals surface area contributed by atoms with Crippen LogP contribution in [0, 0.1) is 0 Å². The first-order valence-corrected chi connectivity index (χ1v) is 5.91. The molecule has 1 atom stereocenters. The Labute approximate surface area is 101 Å². The Kier molecular flexibility index (Phi) is 3.94. The van der Waals surface area contributed by atoms with Crippen LogP contribution in [-0.2, 0) is 16.0 Å². The maximum absolute atomic E-state index is 11.3. The summed E-state index contributed by atoms with van der Waals surface area (Å²) in [7, 11) is 0. The van der Waals surface area contributed by atoms with Crippen LogP contribution in [0.1, 0.15) is 24.2 Å². The first-order chi connectivity index (χ1) is 8.31. The molecule has 1 aliphatic rings. The predicted octanol–water partition coefficient (Wildman–Crippen LogP) is 1.99. The molecule has 1 aromatic rings. The highest BCUT2D eigenvalue weighted by Gasteiger charge is 2.20. The van der Waals surface area contributed by atoms with E-state index in [0.29, 0.717) is 6.54 Å². The number of nitrogens with one attached hydrogen (secondary N) is 1. The second-order valence-corrected chi connectivity index (χ2v) is 4.05. The fourth-order valence-corrected chi connectivity index (χ4v) is 2.05. The number of hydrogen-bond donors (Lipinski definition) is 1. The van der Waals surface area contributed by atoms with E-state index in [1.165, 1.54) is 17.2 Å². The maximum Gasteiger partial charge on any atom is 0.243 e. The highest BCUT2D eigenvalue weighted by molar-refractivity contribution is 5.87. The van der Waals surface area contributed by atoms with Gasteiger partial charge in [0.2, 0.25) is 5.91 Å². The van der Waals surface area contributed by atoms with Crippen LogP contribution < -0.4 is 5.32 Å². The molecule has 17 heavy (non-hydrogen) atoms. The minimum atomic E-state index is -0.0702. The molecule has 0 unspecified atom stereocenters. The number of amides is 1. The summed E-state index contributed by atoms with van der Waals surface area (Å²) in [5, 5.41) is 2.84. The Morgan fingerprint density at radius 1 is 1.53 bits per heavy atom. The molecule has 0 bridgehead atoms. The van der Waals surface area contributed by atoms with Gasteiger partial charge in [0, 0.05) is 6.54 Å². The zero-order chi connectivity index (χ0) is 12.1. The van der Waals surface area contributed by atoms with Crippen molar-refractivity contribution in [1.82, 2.24) is 5.32 Å². The topological polar surface area (TPSA) is 38.3 Å². The molecule has 0 saturated heterocycles. The number of allylic oxidation sites excluding steroid dienone is 1. The molecule has 1 aliphatic heterocycles. The number of benzene rings is 1. The monoisotopic (exact) mass is 231 g/mol. The second-order valence-electron chi connectivity index (χ2n) is 4.05. The summed E-state index contributed by atoms with van der Waals surface area (Å²) >= 11 is 0. The van der Waals surface area contributed by atoms with E-state index in [-0.39, 0.29) is 12.0 Å². The van der Waals surface area contributed by atoms with Crippen LogP contribution >= 0.6 is 0 Å². The van der Waals surface area contributed by atoms with Crippen molar-refractivity contribution in [2.24, 2.45) is 0 Å². The molecular formula is C14H17NO2. The summed E-state index contributed by atoms with van der Waals surface area (Å²) in [4.78, 5) is 11.3. The van der Waals surface area contributed by atoms with Crippen LogP contribution in [0.3, 0.4) is 0 Å². The fraction of sp³-hybridized carbons (Fsp3) is 0.357. The van der Waals surface area contributed by atoms with Crippen molar-refractivity contribution in [3.05, 3.63) is 47.5 Å². The Bertz CT molecular complexity index is 426. The Balaban J connectivity index is 2.01. The molecule has 3 heteroatoms. The van der Waals surface area contributed by atoms with Gasteiger partial charge in [-0.15, -0.1) is 0 Å². The van der Waals surface area contributed by atoms with E-state index in [9.17, 15) is 4.79 Å². The zero-order valence-corrected chi connectivity index (χ0v) is 9.98. The van der Waals surface area contributed by atoms with E-state index in [4.69, 9.17) is 4.74 Å². The number of rotatable bonds is 3. The molecule has 0 aliphatic carbocycles. The highest BCUT2D eigenvalue weighted by atomic mass is 16.5. The minimum absolute atomic E-state index is 0.0193. The van der Waals surface area contributed by atoms with Gasteiger partial charge in [-0.05, 0) is 30.5 Å². The summed E-state index contributed by atoms with van der Waals surface area (Å²) < 4.78 is 5.69. The number of ether oxygens (including phenoxy) is 1. The second kappa shape index (κ2) is 5.64. The highest BCUT2D eigenvalue weighted by Crippen LogP contribution is 2.25. The normalized spacial score (nSPS) is 19.0. The van der Waals surface area contributed by atoms with Gasteiger partial charge in [0.1, 0.15) is 6.10 Å². The van der Waals surface area contributed by atoms with Crippen molar-refractivity contribution < 1.29 is 9.53 Å².